The number of nitrogens with one attached hydrogen (secondary N) is 2. The molecule has 0 bridgehead atoms. The van der Waals surface area contributed by atoms with Crippen LogP contribution in [-0.2, 0) is 16.2 Å². The van der Waals surface area contributed by atoms with E-state index in [1.165, 1.54) is 41.2 Å². The van der Waals surface area contributed by atoms with E-state index in [0.717, 1.165) is 12.3 Å². The second-order valence-corrected chi connectivity index (χ2v) is 9.07. The van der Waals surface area contributed by atoms with Crippen LogP contribution in [0, 0.1) is 0 Å². The maximum absolute atomic E-state index is 12.8. The lowest BCUT2D eigenvalue weighted by atomic mass is 10.1. The van der Waals surface area contributed by atoms with Crippen molar-refractivity contribution in [2.45, 2.75) is 25.9 Å². The largest absolute Gasteiger partial charge is 0.417 e. The highest BCUT2D eigenvalue weighted by Gasteiger charge is 2.31. The lowest BCUT2D eigenvalue weighted by Gasteiger charge is -2.13. The number of benzene rings is 1. The number of carbonyl (C=O) groups excluding carboxylic acids is 1. The van der Waals surface area contributed by atoms with E-state index in [0.29, 0.717) is 23.3 Å². The summed E-state index contributed by atoms with van der Waals surface area (Å²) in [6.07, 6.45) is -1.44. The predicted molar refractivity (Wildman–Crippen MR) is 113 cm³/mol. The van der Waals surface area contributed by atoms with Gasteiger partial charge in [0.15, 0.2) is 5.82 Å². The number of anilines is 2. The quantitative estimate of drug-likeness (QED) is 0.569. The van der Waals surface area contributed by atoms with Crippen LogP contribution >= 0.6 is 0 Å². The molecule has 170 valence electrons. The first kappa shape index (κ1) is 23.3. The Bertz CT molecular complexity index is 1220. The van der Waals surface area contributed by atoms with Gasteiger partial charge >= 0.3 is 6.18 Å². The van der Waals surface area contributed by atoms with Crippen molar-refractivity contribution in [3.8, 4) is 5.82 Å². The molecule has 0 aliphatic carbocycles. The van der Waals surface area contributed by atoms with Gasteiger partial charge in [-0.05, 0) is 42.3 Å². The van der Waals surface area contributed by atoms with Gasteiger partial charge in [-0.15, -0.1) is 0 Å². The predicted octanol–water partition coefficient (Wildman–Crippen LogP) is 4.03. The number of rotatable bonds is 6. The standard InChI is InChI=1S/C20H20F3N5O3S/c1-12(2)18-16(11-25-28(18)17-9-4-13(10-24-17)20(21,22)23)19(29)26-14-5-7-15(8-6-14)27-32(3,30)31/h4-12,27H,1-3H3,(H,26,29). The highest BCUT2D eigenvalue weighted by Crippen LogP contribution is 2.29. The third kappa shape index (κ3) is 5.44. The summed E-state index contributed by atoms with van der Waals surface area (Å²) in [5.74, 6) is -0.517. The molecule has 3 rings (SSSR count). The molecule has 2 N–H and O–H groups in total. The lowest BCUT2D eigenvalue weighted by Crippen LogP contribution is -2.16. The molecule has 0 saturated heterocycles. The van der Waals surface area contributed by atoms with Crippen molar-refractivity contribution in [3.63, 3.8) is 0 Å². The Balaban J connectivity index is 1.85. The van der Waals surface area contributed by atoms with Gasteiger partial charge in [0.2, 0.25) is 10.0 Å². The summed E-state index contributed by atoms with van der Waals surface area (Å²) in [6.45, 7) is 3.64. The van der Waals surface area contributed by atoms with Gasteiger partial charge < -0.3 is 5.32 Å². The van der Waals surface area contributed by atoms with Gasteiger partial charge in [-0.2, -0.15) is 18.3 Å². The first-order valence-electron chi connectivity index (χ1n) is 9.36. The van der Waals surface area contributed by atoms with Gasteiger partial charge in [0.25, 0.3) is 5.91 Å². The average molecular weight is 467 g/mol. The Kier molecular flexibility index (Phi) is 6.26. The van der Waals surface area contributed by atoms with Crippen LogP contribution in [0.25, 0.3) is 5.82 Å². The van der Waals surface area contributed by atoms with Crippen LogP contribution in [0.15, 0.2) is 48.8 Å². The molecular weight excluding hydrogens is 447 g/mol. The summed E-state index contributed by atoms with van der Waals surface area (Å²) in [4.78, 5) is 16.7. The highest BCUT2D eigenvalue weighted by atomic mass is 32.2. The maximum atomic E-state index is 12.8. The zero-order valence-corrected chi connectivity index (χ0v) is 18.1. The zero-order valence-electron chi connectivity index (χ0n) is 17.3. The molecule has 12 heteroatoms. The third-order valence-electron chi connectivity index (χ3n) is 4.34. The molecule has 3 aromatic rings. The number of halogens is 3. The molecule has 0 radical (unpaired) electrons. The number of alkyl halides is 3. The Hall–Kier alpha value is -3.41. The number of carbonyl (C=O) groups is 1. The summed E-state index contributed by atoms with van der Waals surface area (Å²) in [7, 11) is -3.42. The van der Waals surface area contributed by atoms with E-state index in [4.69, 9.17) is 0 Å². The first-order valence-corrected chi connectivity index (χ1v) is 11.2. The van der Waals surface area contributed by atoms with Crippen molar-refractivity contribution in [2.75, 3.05) is 16.3 Å². The number of amides is 1. The number of nitrogens with zero attached hydrogens (tertiary/aromatic N) is 3. The normalized spacial score (nSPS) is 12.1. The Morgan fingerprint density at radius 1 is 1.03 bits per heavy atom. The van der Waals surface area contributed by atoms with E-state index in [1.807, 2.05) is 13.8 Å². The highest BCUT2D eigenvalue weighted by molar-refractivity contribution is 7.92. The Morgan fingerprint density at radius 3 is 2.16 bits per heavy atom. The molecule has 2 aromatic heterocycles. The summed E-state index contributed by atoms with van der Waals surface area (Å²) < 4.78 is 64.6. The van der Waals surface area contributed by atoms with Crippen LogP contribution in [0.5, 0.6) is 0 Å². The van der Waals surface area contributed by atoms with Gasteiger partial charge in [0.05, 0.1) is 29.3 Å². The number of hydrogen-bond donors (Lipinski definition) is 2. The molecule has 0 saturated carbocycles. The van der Waals surface area contributed by atoms with E-state index in [2.05, 4.69) is 20.1 Å². The van der Waals surface area contributed by atoms with Crippen LogP contribution < -0.4 is 10.0 Å². The second-order valence-electron chi connectivity index (χ2n) is 7.32. The van der Waals surface area contributed by atoms with Crippen molar-refractivity contribution in [1.29, 1.82) is 0 Å². The smallest absolute Gasteiger partial charge is 0.322 e. The summed E-state index contributed by atoms with van der Waals surface area (Å²) in [5.41, 5.74) is 0.593. The molecule has 1 amide bonds. The first-order chi connectivity index (χ1) is 14.8. The van der Waals surface area contributed by atoms with Crippen LogP contribution in [0.2, 0.25) is 0 Å². The molecule has 32 heavy (non-hydrogen) atoms. The average Bonchev–Trinajstić information content (AvgIpc) is 3.13. The lowest BCUT2D eigenvalue weighted by molar-refractivity contribution is -0.137. The minimum atomic E-state index is -4.51. The van der Waals surface area contributed by atoms with Crippen molar-refractivity contribution >= 4 is 27.3 Å². The van der Waals surface area contributed by atoms with Gasteiger partial charge in [0.1, 0.15) is 0 Å². The molecular formula is C20H20F3N5O3S. The SMILES string of the molecule is CC(C)c1c(C(=O)Nc2ccc(NS(C)(=O)=O)cc2)cnn1-c1ccc(C(F)(F)F)cn1. The molecule has 0 unspecified atom stereocenters. The molecule has 2 heterocycles. The summed E-state index contributed by atoms with van der Waals surface area (Å²) in [6, 6.07) is 8.15. The molecule has 0 aliphatic rings. The molecule has 8 nitrogen and oxygen atoms in total. The Morgan fingerprint density at radius 2 is 1.66 bits per heavy atom. The number of aromatic nitrogens is 3. The molecule has 0 spiro atoms. The van der Waals surface area contributed by atoms with Crippen molar-refractivity contribution < 1.29 is 26.4 Å². The summed E-state index contributed by atoms with van der Waals surface area (Å²) >= 11 is 0. The van der Waals surface area contributed by atoms with Gasteiger partial charge in [0, 0.05) is 17.6 Å². The van der Waals surface area contributed by atoms with E-state index in [-0.39, 0.29) is 17.3 Å². The van der Waals surface area contributed by atoms with E-state index >= 15 is 0 Å². The van der Waals surface area contributed by atoms with Crippen molar-refractivity contribution in [1.82, 2.24) is 14.8 Å². The number of pyridine rings is 1. The van der Waals surface area contributed by atoms with Gasteiger partial charge in [-0.1, -0.05) is 13.8 Å². The molecule has 0 fully saturated rings. The number of sulfonamides is 1. The van der Waals surface area contributed by atoms with Crippen LogP contribution in [0.1, 0.15) is 41.4 Å². The van der Waals surface area contributed by atoms with E-state index in [1.54, 1.807) is 0 Å². The second kappa shape index (κ2) is 8.61. The van der Waals surface area contributed by atoms with Gasteiger partial charge in [-0.25, -0.2) is 18.1 Å². The fourth-order valence-corrected chi connectivity index (χ4v) is 3.55. The Labute approximate surface area is 182 Å². The molecule has 0 atom stereocenters. The summed E-state index contributed by atoms with van der Waals surface area (Å²) in [5, 5.41) is 6.85. The third-order valence-corrected chi connectivity index (χ3v) is 4.94. The zero-order chi connectivity index (χ0) is 23.7. The monoisotopic (exact) mass is 467 g/mol. The van der Waals surface area contributed by atoms with Crippen LogP contribution in [-0.4, -0.2) is 35.3 Å². The van der Waals surface area contributed by atoms with Crippen LogP contribution in [0.3, 0.4) is 0 Å². The fourth-order valence-electron chi connectivity index (χ4n) is 2.98. The minimum Gasteiger partial charge on any atom is -0.322 e. The number of hydrogen-bond acceptors (Lipinski definition) is 5. The van der Waals surface area contributed by atoms with E-state index in [9.17, 15) is 26.4 Å². The van der Waals surface area contributed by atoms with Crippen LogP contribution in [0.4, 0.5) is 24.5 Å². The van der Waals surface area contributed by atoms with Crippen molar-refractivity contribution in [2.24, 2.45) is 0 Å². The fraction of sp³-hybridized carbons (Fsp3) is 0.250. The molecule has 0 aliphatic heterocycles. The van der Waals surface area contributed by atoms with Crippen molar-refractivity contribution in [3.05, 3.63) is 65.6 Å². The van der Waals surface area contributed by atoms with Gasteiger partial charge in [-0.3, -0.25) is 9.52 Å². The van der Waals surface area contributed by atoms with E-state index < -0.39 is 27.7 Å². The minimum absolute atomic E-state index is 0.150. The molecule has 1 aromatic carbocycles. The maximum Gasteiger partial charge on any atom is 0.417 e. The topological polar surface area (TPSA) is 106 Å².